The molecule has 0 atom stereocenters. The van der Waals surface area contributed by atoms with Gasteiger partial charge in [-0.25, -0.2) is 0 Å². The molecule has 0 bridgehead atoms. The summed E-state index contributed by atoms with van der Waals surface area (Å²) in [6, 6.07) is 9.36. The van der Waals surface area contributed by atoms with E-state index < -0.39 is 0 Å². The highest BCUT2D eigenvalue weighted by molar-refractivity contribution is 6.04. The van der Waals surface area contributed by atoms with Crippen LogP contribution in [-0.4, -0.2) is 12.3 Å². The fourth-order valence-electron chi connectivity index (χ4n) is 1.58. The molecule has 2 heteroatoms. The molecule has 14 heavy (non-hydrogen) atoms. The zero-order valence-electron chi connectivity index (χ0n) is 7.99. The van der Waals surface area contributed by atoms with E-state index >= 15 is 0 Å². The number of carbonyl (C=O) groups excluding carboxylic acids is 1. The van der Waals surface area contributed by atoms with Gasteiger partial charge in [0.05, 0.1) is 0 Å². The van der Waals surface area contributed by atoms with Crippen molar-refractivity contribution in [3.8, 4) is 0 Å². The minimum absolute atomic E-state index is 0.0926. The quantitative estimate of drug-likeness (QED) is 0.567. The SMILES string of the molecule is O=C(/C=C1/CCCN1)c1ccccc1. The Hall–Kier alpha value is -1.57. The highest BCUT2D eigenvalue weighted by atomic mass is 16.1. The number of nitrogens with one attached hydrogen (secondary N) is 1. The molecule has 0 aromatic heterocycles. The van der Waals surface area contributed by atoms with Crippen LogP contribution in [0.1, 0.15) is 23.2 Å². The summed E-state index contributed by atoms with van der Waals surface area (Å²) in [4.78, 5) is 11.7. The summed E-state index contributed by atoms with van der Waals surface area (Å²) in [5, 5.41) is 3.20. The van der Waals surface area contributed by atoms with Gasteiger partial charge < -0.3 is 5.32 Å². The minimum atomic E-state index is 0.0926. The van der Waals surface area contributed by atoms with Gasteiger partial charge in [0.1, 0.15) is 0 Å². The number of rotatable bonds is 2. The van der Waals surface area contributed by atoms with Crippen LogP contribution in [0.4, 0.5) is 0 Å². The first-order chi connectivity index (χ1) is 6.86. The average molecular weight is 187 g/mol. The molecule has 1 aliphatic heterocycles. The van der Waals surface area contributed by atoms with Crippen molar-refractivity contribution in [2.75, 3.05) is 6.54 Å². The van der Waals surface area contributed by atoms with Crippen LogP contribution >= 0.6 is 0 Å². The second-order valence-electron chi connectivity index (χ2n) is 3.43. The van der Waals surface area contributed by atoms with E-state index in [1.807, 2.05) is 30.3 Å². The van der Waals surface area contributed by atoms with Gasteiger partial charge in [0, 0.05) is 23.9 Å². The summed E-state index contributed by atoms with van der Waals surface area (Å²) in [5.41, 5.74) is 1.83. The zero-order chi connectivity index (χ0) is 9.80. The number of allylic oxidation sites excluding steroid dienone is 2. The third kappa shape index (κ3) is 2.02. The number of carbonyl (C=O) groups is 1. The number of ketones is 1. The van der Waals surface area contributed by atoms with Crippen molar-refractivity contribution in [3.63, 3.8) is 0 Å². The molecular formula is C12H13NO. The van der Waals surface area contributed by atoms with Crippen LogP contribution in [0.25, 0.3) is 0 Å². The average Bonchev–Trinajstić information content (AvgIpc) is 2.72. The van der Waals surface area contributed by atoms with Crippen LogP contribution in [0, 0.1) is 0 Å². The Morgan fingerprint density at radius 2 is 2.07 bits per heavy atom. The molecule has 1 aromatic carbocycles. The number of hydrogen-bond donors (Lipinski definition) is 1. The van der Waals surface area contributed by atoms with E-state index in [0.29, 0.717) is 0 Å². The molecule has 0 radical (unpaired) electrons. The van der Waals surface area contributed by atoms with Crippen LogP contribution in [0.2, 0.25) is 0 Å². The predicted molar refractivity (Wildman–Crippen MR) is 56.1 cm³/mol. The smallest absolute Gasteiger partial charge is 0.187 e. The Morgan fingerprint density at radius 3 is 2.71 bits per heavy atom. The fourth-order valence-corrected chi connectivity index (χ4v) is 1.58. The molecule has 2 rings (SSSR count). The molecule has 0 unspecified atom stereocenters. The lowest BCUT2D eigenvalue weighted by molar-refractivity contribution is 0.104. The maximum Gasteiger partial charge on any atom is 0.187 e. The van der Waals surface area contributed by atoms with E-state index in [9.17, 15) is 4.79 Å². The maximum absolute atomic E-state index is 11.7. The van der Waals surface area contributed by atoms with Crippen molar-refractivity contribution in [3.05, 3.63) is 47.7 Å². The first kappa shape index (κ1) is 9.00. The second-order valence-corrected chi connectivity index (χ2v) is 3.43. The third-order valence-electron chi connectivity index (χ3n) is 2.34. The molecule has 0 aliphatic carbocycles. The van der Waals surface area contributed by atoms with E-state index in [1.54, 1.807) is 6.08 Å². The van der Waals surface area contributed by atoms with Crippen LogP contribution in [-0.2, 0) is 0 Å². The first-order valence-electron chi connectivity index (χ1n) is 4.90. The Kier molecular flexibility index (Phi) is 2.63. The summed E-state index contributed by atoms with van der Waals surface area (Å²) < 4.78 is 0. The molecule has 1 aliphatic rings. The highest BCUT2D eigenvalue weighted by Crippen LogP contribution is 2.10. The van der Waals surface area contributed by atoms with Gasteiger partial charge in [-0.05, 0) is 12.8 Å². The van der Waals surface area contributed by atoms with Gasteiger partial charge in [0.25, 0.3) is 0 Å². The lowest BCUT2D eigenvalue weighted by Crippen LogP contribution is -2.06. The van der Waals surface area contributed by atoms with Crippen LogP contribution in [0.5, 0.6) is 0 Å². The molecule has 1 aromatic rings. The topological polar surface area (TPSA) is 29.1 Å². The summed E-state index contributed by atoms with van der Waals surface area (Å²) in [6.07, 6.45) is 3.84. The zero-order valence-corrected chi connectivity index (χ0v) is 7.99. The molecule has 0 saturated carbocycles. The summed E-state index contributed by atoms with van der Waals surface area (Å²) >= 11 is 0. The molecule has 0 spiro atoms. The second kappa shape index (κ2) is 4.09. The van der Waals surface area contributed by atoms with Gasteiger partial charge in [-0.2, -0.15) is 0 Å². The van der Waals surface area contributed by atoms with Gasteiger partial charge in [0.15, 0.2) is 5.78 Å². The van der Waals surface area contributed by atoms with Crippen molar-refractivity contribution >= 4 is 5.78 Å². The van der Waals surface area contributed by atoms with Gasteiger partial charge in [-0.1, -0.05) is 30.3 Å². The number of benzene rings is 1. The molecule has 72 valence electrons. The van der Waals surface area contributed by atoms with Gasteiger partial charge >= 0.3 is 0 Å². The Balaban J connectivity index is 2.13. The van der Waals surface area contributed by atoms with Gasteiger partial charge in [-0.3, -0.25) is 4.79 Å². The number of hydrogen-bond acceptors (Lipinski definition) is 2. The molecule has 1 saturated heterocycles. The minimum Gasteiger partial charge on any atom is -0.388 e. The van der Waals surface area contributed by atoms with Crippen molar-refractivity contribution in [1.82, 2.24) is 5.32 Å². The van der Waals surface area contributed by atoms with Crippen molar-refractivity contribution in [2.45, 2.75) is 12.8 Å². The van der Waals surface area contributed by atoms with Gasteiger partial charge in [-0.15, -0.1) is 0 Å². The van der Waals surface area contributed by atoms with E-state index in [-0.39, 0.29) is 5.78 Å². The predicted octanol–water partition coefficient (Wildman–Crippen LogP) is 2.14. The van der Waals surface area contributed by atoms with Crippen molar-refractivity contribution < 1.29 is 4.79 Å². The lowest BCUT2D eigenvalue weighted by Gasteiger charge is -1.98. The van der Waals surface area contributed by atoms with E-state index in [0.717, 1.165) is 30.6 Å². The van der Waals surface area contributed by atoms with Gasteiger partial charge in [0.2, 0.25) is 0 Å². The largest absolute Gasteiger partial charge is 0.388 e. The van der Waals surface area contributed by atoms with Crippen LogP contribution < -0.4 is 5.32 Å². The standard InChI is InChI=1S/C12H13NO/c14-12(9-11-7-4-8-13-11)10-5-2-1-3-6-10/h1-3,5-6,9,13H,4,7-8H2/b11-9-. The Labute approximate surface area is 83.6 Å². The van der Waals surface area contributed by atoms with Crippen molar-refractivity contribution in [1.29, 1.82) is 0 Å². The molecule has 1 N–H and O–H groups in total. The summed E-state index contributed by atoms with van der Waals surface area (Å²) in [6.45, 7) is 0.994. The summed E-state index contributed by atoms with van der Waals surface area (Å²) in [7, 11) is 0. The van der Waals surface area contributed by atoms with Crippen LogP contribution in [0.3, 0.4) is 0 Å². The molecule has 1 fully saturated rings. The monoisotopic (exact) mass is 187 g/mol. The normalized spacial score (nSPS) is 18.1. The Morgan fingerprint density at radius 1 is 1.29 bits per heavy atom. The summed E-state index contributed by atoms with van der Waals surface area (Å²) in [5.74, 6) is 0.0926. The van der Waals surface area contributed by atoms with E-state index in [4.69, 9.17) is 0 Å². The molecule has 2 nitrogen and oxygen atoms in total. The van der Waals surface area contributed by atoms with E-state index in [1.165, 1.54) is 0 Å². The first-order valence-corrected chi connectivity index (χ1v) is 4.90. The molecular weight excluding hydrogens is 174 g/mol. The van der Waals surface area contributed by atoms with Crippen molar-refractivity contribution in [2.24, 2.45) is 0 Å². The van der Waals surface area contributed by atoms with E-state index in [2.05, 4.69) is 5.32 Å². The maximum atomic E-state index is 11.7. The fraction of sp³-hybridized carbons (Fsp3) is 0.250. The lowest BCUT2D eigenvalue weighted by atomic mass is 10.1. The molecule has 1 heterocycles. The van der Waals surface area contributed by atoms with Crippen LogP contribution in [0.15, 0.2) is 42.1 Å². The highest BCUT2D eigenvalue weighted by Gasteiger charge is 2.08. The Bertz CT molecular complexity index is 346. The third-order valence-corrected chi connectivity index (χ3v) is 2.34. The molecule has 0 amide bonds.